The summed E-state index contributed by atoms with van der Waals surface area (Å²) in [6.45, 7) is 3.80. The van der Waals surface area contributed by atoms with Crippen LogP contribution >= 0.6 is 15.9 Å². The summed E-state index contributed by atoms with van der Waals surface area (Å²) in [7, 11) is 0. The Bertz CT molecular complexity index is 410. The number of carboxylic acid groups (broad SMARTS) is 1. The van der Waals surface area contributed by atoms with Crippen molar-refractivity contribution < 1.29 is 15.0 Å². The molecule has 0 aliphatic rings. The van der Waals surface area contributed by atoms with Crippen molar-refractivity contribution in [1.29, 1.82) is 0 Å². The van der Waals surface area contributed by atoms with Crippen molar-refractivity contribution in [3.05, 3.63) is 22.3 Å². The lowest BCUT2D eigenvalue weighted by molar-refractivity contribution is 0.0697. The van der Waals surface area contributed by atoms with Crippen LogP contribution in [0.15, 0.2) is 16.7 Å². The fraction of sp³-hybridized carbons (Fsp3) is 0.455. The quantitative estimate of drug-likeness (QED) is 0.774. The summed E-state index contributed by atoms with van der Waals surface area (Å²) in [5, 5.41) is 21.2. The molecule has 1 heterocycles. The van der Waals surface area contributed by atoms with Crippen LogP contribution in [0.4, 0.5) is 5.82 Å². The molecule has 0 spiro atoms. The summed E-state index contributed by atoms with van der Waals surface area (Å²) in [5.74, 6) is -0.609. The molecule has 0 amide bonds. The number of aliphatic hydroxyl groups excluding tert-OH is 1. The number of hydrogen-bond donors (Lipinski definition) is 3. The van der Waals surface area contributed by atoms with Crippen molar-refractivity contribution in [2.75, 3.05) is 11.9 Å². The SMILES string of the molecule is CC(C)[C@@H](CO)Nc1ncc(Br)cc1C(=O)O. The minimum Gasteiger partial charge on any atom is -0.478 e. The molecular weight excluding hydrogens is 288 g/mol. The molecule has 3 N–H and O–H groups in total. The molecule has 0 aromatic carbocycles. The normalized spacial score (nSPS) is 12.5. The van der Waals surface area contributed by atoms with Gasteiger partial charge in [-0.15, -0.1) is 0 Å². The number of rotatable bonds is 5. The van der Waals surface area contributed by atoms with Crippen molar-refractivity contribution in [3.63, 3.8) is 0 Å². The zero-order valence-corrected chi connectivity index (χ0v) is 11.2. The Morgan fingerprint density at radius 3 is 2.71 bits per heavy atom. The van der Waals surface area contributed by atoms with Gasteiger partial charge >= 0.3 is 5.97 Å². The number of carboxylic acids is 1. The van der Waals surface area contributed by atoms with E-state index in [4.69, 9.17) is 5.11 Å². The van der Waals surface area contributed by atoms with Crippen LogP contribution in [-0.2, 0) is 0 Å². The summed E-state index contributed by atoms with van der Waals surface area (Å²) in [6, 6.07) is 1.26. The fourth-order valence-corrected chi connectivity index (χ4v) is 1.65. The lowest BCUT2D eigenvalue weighted by Gasteiger charge is -2.21. The molecule has 94 valence electrons. The van der Waals surface area contributed by atoms with Gasteiger partial charge in [0.1, 0.15) is 11.4 Å². The van der Waals surface area contributed by atoms with E-state index in [0.29, 0.717) is 4.47 Å². The molecule has 0 saturated heterocycles. The number of aromatic nitrogens is 1. The van der Waals surface area contributed by atoms with Crippen LogP contribution in [0.25, 0.3) is 0 Å². The molecule has 0 fully saturated rings. The highest BCUT2D eigenvalue weighted by Crippen LogP contribution is 2.20. The van der Waals surface area contributed by atoms with Gasteiger partial charge in [-0.25, -0.2) is 9.78 Å². The van der Waals surface area contributed by atoms with Crippen molar-refractivity contribution >= 4 is 27.7 Å². The van der Waals surface area contributed by atoms with E-state index in [9.17, 15) is 9.90 Å². The third-order valence-corrected chi connectivity index (χ3v) is 2.84. The van der Waals surface area contributed by atoms with Gasteiger partial charge in [-0.2, -0.15) is 0 Å². The van der Waals surface area contributed by atoms with Gasteiger partial charge in [0, 0.05) is 10.7 Å². The van der Waals surface area contributed by atoms with Crippen LogP contribution in [0, 0.1) is 5.92 Å². The number of aliphatic hydroxyl groups is 1. The molecule has 6 heteroatoms. The number of carbonyl (C=O) groups is 1. The molecule has 0 bridgehead atoms. The average Bonchev–Trinajstić information content (AvgIpc) is 2.26. The maximum absolute atomic E-state index is 11.1. The molecule has 1 aromatic heterocycles. The predicted molar refractivity (Wildman–Crippen MR) is 68.2 cm³/mol. The van der Waals surface area contributed by atoms with Gasteiger partial charge in [-0.1, -0.05) is 13.8 Å². The van der Waals surface area contributed by atoms with Gasteiger partial charge in [0.05, 0.1) is 12.6 Å². The third-order valence-electron chi connectivity index (χ3n) is 2.41. The number of halogens is 1. The maximum Gasteiger partial charge on any atom is 0.339 e. The number of pyridine rings is 1. The van der Waals surface area contributed by atoms with Crippen LogP contribution in [0.1, 0.15) is 24.2 Å². The first-order chi connectivity index (χ1) is 7.95. The van der Waals surface area contributed by atoms with Gasteiger partial charge in [0.25, 0.3) is 0 Å². The number of hydrogen-bond acceptors (Lipinski definition) is 4. The van der Waals surface area contributed by atoms with Gasteiger partial charge in [-0.05, 0) is 27.9 Å². The second kappa shape index (κ2) is 5.97. The highest BCUT2D eigenvalue weighted by molar-refractivity contribution is 9.10. The Morgan fingerprint density at radius 1 is 1.59 bits per heavy atom. The van der Waals surface area contributed by atoms with E-state index in [1.165, 1.54) is 12.3 Å². The third kappa shape index (κ3) is 3.67. The number of anilines is 1. The van der Waals surface area contributed by atoms with Crippen LogP contribution < -0.4 is 5.32 Å². The molecule has 0 unspecified atom stereocenters. The Labute approximate surface area is 108 Å². The van der Waals surface area contributed by atoms with E-state index in [0.717, 1.165) is 0 Å². The molecule has 1 atom stereocenters. The zero-order valence-electron chi connectivity index (χ0n) is 9.64. The maximum atomic E-state index is 11.1. The Morgan fingerprint density at radius 2 is 2.24 bits per heavy atom. The van der Waals surface area contributed by atoms with Gasteiger partial charge < -0.3 is 15.5 Å². The number of nitrogens with zero attached hydrogens (tertiary/aromatic N) is 1. The Kier molecular flexibility index (Phi) is 4.89. The van der Waals surface area contributed by atoms with E-state index in [1.54, 1.807) is 0 Å². The van der Waals surface area contributed by atoms with Crippen molar-refractivity contribution in [3.8, 4) is 0 Å². The lowest BCUT2D eigenvalue weighted by Crippen LogP contribution is -2.30. The molecule has 1 rings (SSSR count). The number of aromatic carboxylic acids is 1. The molecule has 0 radical (unpaired) electrons. The van der Waals surface area contributed by atoms with Crippen LogP contribution in [0.2, 0.25) is 0 Å². The summed E-state index contributed by atoms with van der Waals surface area (Å²) in [4.78, 5) is 15.1. The fourth-order valence-electron chi connectivity index (χ4n) is 1.32. The first-order valence-electron chi connectivity index (χ1n) is 5.22. The van der Waals surface area contributed by atoms with E-state index in [2.05, 4.69) is 26.2 Å². The van der Waals surface area contributed by atoms with Crippen molar-refractivity contribution in [2.24, 2.45) is 5.92 Å². The van der Waals surface area contributed by atoms with Crippen LogP contribution in [0.3, 0.4) is 0 Å². The Balaban J connectivity index is 3.01. The van der Waals surface area contributed by atoms with Crippen LogP contribution in [-0.4, -0.2) is 33.8 Å². The van der Waals surface area contributed by atoms with E-state index in [1.807, 2.05) is 13.8 Å². The van der Waals surface area contributed by atoms with Crippen molar-refractivity contribution in [2.45, 2.75) is 19.9 Å². The van der Waals surface area contributed by atoms with Gasteiger partial charge in [0.2, 0.25) is 0 Å². The molecular formula is C11H15BrN2O3. The standard InChI is InChI=1S/C11H15BrN2O3/c1-6(2)9(5-15)14-10-8(11(16)17)3-7(12)4-13-10/h3-4,6,9,15H,5H2,1-2H3,(H,13,14)(H,16,17)/t9-/m1/s1. The first kappa shape index (κ1) is 13.9. The first-order valence-corrected chi connectivity index (χ1v) is 6.01. The topological polar surface area (TPSA) is 82.5 Å². The molecule has 0 aliphatic carbocycles. The average molecular weight is 303 g/mol. The molecule has 0 aliphatic heterocycles. The molecule has 1 aromatic rings. The monoisotopic (exact) mass is 302 g/mol. The largest absolute Gasteiger partial charge is 0.478 e. The second-order valence-electron chi connectivity index (χ2n) is 4.03. The lowest BCUT2D eigenvalue weighted by atomic mass is 10.1. The minimum absolute atomic E-state index is 0.0749. The molecule has 0 saturated carbocycles. The summed E-state index contributed by atoms with van der Waals surface area (Å²) < 4.78 is 0.602. The summed E-state index contributed by atoms with van der Waals surface area (Å²) in [5.41, 5.74) is 0.0819. The second-order valence-corrected chi connectivity index (χ2v) is 4.95. The smallest absolute Gasteiger partial charge is 0.339 e. The Hall–Kier alpha value is -1.14. The van der Waals surface area contributed by atoms with E-state index < -0.39 is 5.97 Å². The van der Waals surface area contributed by atoms with E-state index in [-0.39, 0.29) is 29.9 Å². The van der Waals surface area contributed by atoms with Gasteiger partial charge in [-0.3, -0.25) is 0 Å². The minimum atomic E-state index is -1.05. The highest BCUT2D eigenvalue weighted by Gasteiger charge is 2.17. The molecule has 5 nitrogen and oxygen atoms in total. The zero-order chi connectivity index (χ0) is 13.0. The summed E-state index contributed by atoms with van der Waals surface area (Å²) >= 11 is 3.17. The van der Waals surface area contributed by atoms with Gasteiger partial charge in [0.15, 0.2) is 0 Å². The molecule has 17 heavy (non-hydrogen) atoms. The number of nitrogens with one attached hydrogen (secondary N) is 1. The highest BCUT2D eigenvalue weighted by atomic mass is 79.9. The summed E-state index contributed by atoms with van der Waals surface area (Å²) in [6.07, 6.45) is 1.52. The predicted octanol–water partition coefficient (Wildman–Crippen LogP) is 1.97. The van der Waals surface area contributed by atoms with Crippen LogP contribution in [0.5, 0.6) is 0 Å². The van der Waals surface area contributed by atoms with Crippen molar-refractivity contribution in [1.82, 2.24) is 4.98 Å². The van der Waals surface area contributed by atoms with E-state index >= 15 is 0 Å².